The van der Waals surface area contributed by atoms with Crippen molar-refractivity contribution >= 4 is 17.5 Å². The van der Waals surface area contributed by atoms with Gasteiger partial charge in [-0.25, -0.2) is 13.2 Å². The molecule has 0 radical (unpaired) electrons. The van der Waals surface area contributed by atoms with Crippen molar-refractivity contribution in [2.75, 3.05) is 25.5 Å². The van der Waals surface area contributed by atoms with Gasteiger partial charge in [0.1, 0.15) is 11.8 Å². The summed E-state index contributed by atoms with van der Waals surface area (Å²) in [5, 5.41) is 11.0. The standard InChI is InChI=1S/C18H14F3N3O3/c1-24(16(26)10-27-14-5-3-2-4-11(14)8-22)9-15(25)23-13-7-6-12(19)17(20)18(13)21/h2-7H,9-10H2,1H3,(H,23,25). The molecular weight excluding hydrogens is 363 g/mol. The Balaban J connectivity index is 1.91. The zero-order chi connectivity index (χ0) is 20.0. The molecule has 2 aromatic carbocycles. The van der Waals surface area contributed by atoms with Crippen LogP contribution in [0.2, 0.25) is 0 Å². The number of amides is 2. The number of likely N-dealkylation sites (N-methyl/N-ethyl adjacent to an activating group) is 1. The number of nitriles is 1. The van der Waals surface area contributed by atoms with E-state index in [1.807, 2.05) is 6.07 Å². The van der Waals surface area contributed by atoms with E-state index in [1.54, 1.807) is 12.1 Å². The number of halogens is 3. The summed E-state index contributed by atoms with van der Waals surface area (Å²) >= 11 is 0. The summed E-state index contributed by atoms with van der Waals surface area (Å²) in [5.74, 6) is -5.80. The molecule has 0 spiro atoms. The molecule has 0 aliphatic rings. The van der Waals surface area contributed by atoms with Gasteiger partial charge in [0.05, 0.1) is 17.8 Å². The van der Waals surface area contributed by atoms with Crippen LogP contribution >= 0.6 is 0 Å². The predicted octanol–water partition coefficient (Wildman–Crippen LogP) is 2.45. The Kier molecular flexibility index (Phi) is 6.38. The topological polar surface area (TPSA) is 82.4 Å². The second-order valence-corrected chi connectivity index (χ2v) is 5.42. The van der Waals surface area contributed by atoms with Gasteiger partial charge in [0.2, 0.25) is 5.91 Å². The van der Waals surface area contributed by atoms with E-state index in [0.29, 0.717) is 6.07 Å². The Hall–Kier alpha value is -3.54. The molecular formula is C18H14F3N3O3. The molecule has 140 valence electrons. The van der Waals surface area contributed by atoms with Gasteiger partial charge in [-0.05, 0) is 24.3 Å². The highest BCUT2D eigenvalue weighted by Crippen LogP contribution is 2.19. The van der Waals surface area contributed by atoms with Crippen molar-refractivity contribution in [3.8, 4) is 11.8 Å². The first-order valence-electron chi connectivity index (χ1n) is 7.62. The van der Waals surface area contributed by atoms with Crippen LogP contribution in [0, 0.1) is 28.8 Å². The van der Waals surface area contributed by atoms with Crippen LogP contribution in [-0.4, -0.2) is 36.9 Å². The summed E-state index contributed by atoms with van der Waals surface area (Å²) in [6.45, 7) is -0.900. The van der Waals surface area contributed by atoms with Gasteiger partial charge >= 0.3 is 0 Å². The summed E-state index contributed by atoms with van der Waals surface area (Å²) in [4.78, 5) is 24.9. The number of hydrogen-bond donors (Lipinski definition) is 1. The molecule has 2 amide bonds. The van der Waals surface area contributed by atoms with Crippen molar-refractivity contribution in [1.29, 1.82) is 5.26 Å². The number of benzene rings is 2. The summed E-state index contributed by atoms with van der Waals surface area (Å²) in [6.07, 6.45) is 0. The number of rotatable bonds is 6. The van der Waals surface area contributed by atoms with Crippen LogP contribution in [0.5, 0.6) is 5.75 Å². The molecule has 0 aliphatic heterocycles. The second-order valence-electron chi connectivity index (χ2n) is 5.42. The van der Waals surface area contributed by atoms with Crippen LogP contribution in [0.4, 0.5) is 18.9 Å². The fraction of sp³-hybridized carbons (Fsp3) is 0.167. The molecule has 0 atom stereocenters. The average Bonchev–Trinajstić information content (AvgIpc) is 2.66. The fourth-order valence-electron chi connectivity index (χ4n) is 2.05. The number of ether oxygens (including phenoxy) is 1. The van der Waals surface area contributed by atoms with Crippen LogP contribution in [0.3, 0.4) is 0 Å². The molecule has 0 bridgehead atoms. The molecule has 2 rings (SSSR count). The van der Waals surface area contributed by atoms with Crippen LogP contribution < -0.4 is 10.1 Å². The van der Waals surface area contributed by atoms with Gasteiger partial charge in [-0.15, -0.1) is 0 Å². The Morgan fingerprint density at radius 3 is 2.56 bits per heavy atom. The molecule has 0 heterocycles. The van der Waals surface area contributed by atoms with Crippen LogP contribution in [0.15, 0.2) is 36.4 Å². The third-order valence-electron chi connectivity index (χ3n) is 3.47. The van der Waals surface area contributed by atoms with Gasteiger partial charge in [0.25, 0.3) is 5.91 Å². The van der Waals surface area contributed by atoms with Crippen molar-refractivity contribution in [3.63, 3.8) is 0 Å². The van der Waals surface area contributed by atoms with Crippen LogP contribution in [0.1, 0.15) is 5.56 Å². The number of para-hydroxylation sites is 1. The van der Waals surface area contributed by atoms with Crippen molar-refractivity contribution in [2.24, 2.45) is 0 Å². The Morgan fingerprint density at radius 2 is 1.85 bits per heavy atom. The summed E-state index contributed by atoms with van der Waals surface area (Å²) in [7, 11) is 1.31. The highest BCUT2D eigenvalue weighted by molar-refractivity contribution is 5.94. The number of anilines is 1. The molecule has 0 aliphatic carbocycles. The first-order valence-corrected chi connectivity index (χ1v) is 7.62. The number of hydrogen-bond acceptors (Lipinski definition) is 4. The van der Waals surface area contributed by atoms with Crippen molar-refractivity contribution in [2.45, 2.75) is 0 Å². The molecule has 0 unspecified atom stereocenters. The SMILES string of the molecule is CN(CC(=O)Nc1ccc(F)c(F)c1F)C(=O)COc1ccccc1C#N. The molecule has 0 fully saturated rings. The lowest BCUT2D eigenvalue weighted by molar-refractivity contribution is -0.135. The lowest BCUT2D eigenvalue weighted by Gasteiger charge is -2.17. The molecule has 0 aromatic heterocycles. The van der Waals surface area contributed by atoms with E-state index >= 15 is 0 Å². The molecule has 6 nitrogen and oxygen atoms in total. The number of carbonyl (C=O) groups excluding carboxylic acids is 2. The van der Waals surface area contributed by atoms with Gasteiger partial charge < -0.3 is 15.0 Å². The molecule has 27 heavy (non-hydrogen) atoms. The van der Waals surface area contributed by atoms with Crippen molar-refractivity contribution in [1.82, 2.24) is 4.90 Å². The number of nitrogens with one attached hydrogen (secondary N) is 1. The zero-order valence-electron chi connectivity index (χ0n) is 14.1. The largest absolute Gasteiger partial charge is 0.482 e. The summed E-state index contributed by atoms with van der Waals surface area (Å²) in [5.41, 5.74) is -0.293. The zero-order valence-corrected chi connectivity index (χ0v) is 14.1. The van der Waals surface area contributed by atoms with Gasteiger partial charge in [-0.1, -0.05) is 12.1 Å². The number of nitrogens with zero attached hydrogens (tertiary/aromatic N) is 2. The van der Waals surface area contributed by atoms with E-state index in [0.717, 1.165) is 11.0 Å². The third-order valence-corrected chi connectivity index (χ3v) is 3.47. The minimum absolute atomic E-state index is 0.218. The lowest BCUT2D eigenvalue weighted by Crippen LogP contribution is -2.37. The van der Waals surface area contributed by atoms with E-state index in [-0.39, 0.29) is 11.3 Å². The molecule has 0 saturated heterocycles. The maximum atomic E-state index is 13.5. The van der Waals surface area contributed by atoms with E-state index in [1.165, 1.54) is 19.2 Å². The van der Waals surface area contributed by atoms with Gasteiger partial charge in [-0.2, -0.15) is 5.26 Å². The van der Waals surface area contributed by atoms with Crippen LogP contribution in [0.25, 0.3) is 0 Å². The Bertz CT molecular complexity index is 912. The van der Waals surface area contributed by atoms with Gasteiger partial charge in [0.15, 0.2) is 24.1 Å². The van der Waals surface area contributed by atoms with E-state index in [9.17, 15) is 22.8 Å². The third kappa shape index (κ3) is 4.98. The highest BCUT2D eigenvalue weighted by atomic mass is 19.2. The van der Waals surface area contributed by atoms with Crippen molar-refractivity contribution in [3.05, 3.63) is 59.4 Å². The van der Waals surface area contributed by atoms with Gasteiger partial charge in [-0.3, -0.25) is 9.59 Å². The second kappa shape index (κ2) is 8.71. The number of carbonyl (C=O) groups is 2. The molecule has 2 aromatic rings. The fourth-order valence-corrected chi connectivity index (χ4v) is 2.05. The van der Waals surface area contributed by atoms with Crippen molar-refractivity contribution < 1.29 is 27.5 Å². The minimum Gasteiger partial charge on any atom is -0.482 e. The predicted molar refractivity (Wildman–Crippen MR) is 89.2 cm³/mol. The van der Waals surface area contributed by atoms with Crippen LogP contribution in [-0.2, 0) is 9.59 Å². The first kappa shape index (κ1) is 19.8. The van der Waals surface area contributed by atoms with E-state index in [4.69, 9.17) is 10.00 Å². The lowest BCUT2D eigenvalue weighted by atomic mass is 10.2. The normalized spacial score (nSPS) is 10.0. The first-order chi connectivity index (χ1) is 12.8. The summed E-state index contributed by atoms with van der Waals surface area (Å²) < 4.78 is 44.8. The monoisotopic (exact) mass is 377 g/mol. The summed E-state index contributed by atoms with van der Waals surface area (Å²) in [6, 6.07) is 9.77. The maximum Gasteiger partial charge on any atom is 0.260 e. The quantitative estimate of drug-likeness (QED) is 0.784. The average molecular weight is 377 g/mol. The molecule has 0 saturated carbocycles. The molecule has 1 N–H and O–H groups in total. The van der Waals surface area contributed by atoms with E-state index in [2.05, 4.69) is 5.32 Å². The minimum atomic E-state index is -1.71. The highest BCUT2D eigenvalue weighted by Gasteiger charge is 2.18. The Morgan fingerprint density at radius 1 is 1.15 bits per heavy atom. The Labute approximate surface area is 152 Å². The van der Waals surface area contributed by atoms with Gasteiger partial charge in [0, 0.05) is 7.05 Å². The smallest absolute Gasteiger partial charge is 0.260 e. The van der Waals surface area contributed by atoms with E-state index < -0.39 is 48.1 Å². The molecule has 9 heteroatoms. The maximum absolute atomic E-state index is 13.5.